The van der Waals surface area contributed by atoms with E-state index in [0.29, 0.717) is 19.7 Å². The number of ether oxygens (including phenoxy) is 1. The van der Waals surface area contributed by atoms with Crippen LogP contribution in [0.2, 0.25) is 0 Å². The lowest BCUT2D eigenvalue weighted by Gasteiger charge is -2.36. The Labute approximate surface area is 190 Å². The number of carbonyl (C=O) groups is 1. The number of piperidine rings is 1. The number of carbonyl (C=O) groups excluding carboxylic acids is 1. The van der Waals surface area contributed by atoms with E-state index < -0.39 is 5.60 Å². The molecule has 32 heavy (non-hydrogen) atoms. The number of aliphatic hydroxyl groups is 1. The highest BCUT2D eigenvalue weighted by Crippen LogP contribution is 2.26. The molecule has 2 fully saturated rings. The fourth-order valence-corrected chi connectivity index (χ4v) is 4.78. The Morgan fingerprint density at radius 2 is 1.97 bits per heavy atom. The zero-order valence-corrected chi connectivity index (χ0v) is 19.2. The van der Waals surface area contributed by atoms with Crippen LogP contribution in [-0.4, -0.2) is 74.7 Å². The SMILES string of the molecule is CC(=O)NC1CCN(CC2(O)CCN(Cc3ccc(OCc4nccn4C)cc3)C2)CC1. The average Bonchev–Trinajstić information content (AvgIpc) is 3.33. The number of hydrogen-bond donors (Lipinski definition) is 2. The second-order valence-corrected chi connectivity index (χ2v) is 9.32. The minimum Gasteiger partial charge on any atom is -0.486 e. The maximum atomic E-state index is 11.2. The molecule has 2 aromatic rings. The van der Waals surface area contributed by atoms with Gasteiger partial charge in [0.1, 0.15) is 18.2 Å². The van der Waals surface area contributed by atoms with Gasteiger partial charge in [0.15, 0.2) is 0 Å². The van der Waals surface area contributed by atoms with Crippen LogP contribution in [0.1, 0.15) is 37.6 Å². The number of amides is 1. The van der Waals surface area contributed by atoms with Gasteiger partial charge in [0.2, 0.25) is 5.91 Å². The molecule has 1 atom stereocenters. The van der Waals surface area contributed by atoms with Gasteiger partial charge in [-0.15, -0.1) is 0 Å². The number of nitrogens with zero attached hydrogens (tertiary/aromatic N) is 4. The molecule has 2 N–H and O–H groups in total. The van der Waals surface area contributed by atoms with Crippen molar-refractivity contribution in [2.75, 3.05) is 32.7 Å². The highest BCUT2D eigenvalue weighted by Gasteiger charge is 2.38. The maximum Gasteiger partial charge on any atom is 0.217 e. The van der Waals surface area contributed by atoms with E-state index in [-0.39, 0.29) is 11.9 Å². The number of hydrogen-bond acceptors (Lipinski definition) is 6. The van der Waals surface area contributed by atoms with Crippen LogP contribution in [0.5, 0.6) is 5.75 Å². The lowest BCUT2D eigenvalue weighted by atomic mass is 9.99. The van der Waals surface area contributed by atoms with Crippen molar-refractivity contribution in [2.24, 2.45) is 7.05 Å². The van der Waals surface area contributed by atoms with Crippen LogP contribution in [0, 0.1) is 0 Å². The smallest absolute Gasteiger partial charge is 0.217 e. The number of nitrogens with one attached hydrogen (secondary N) is 1. The number of aromatic nitrogens is 2. The first-order valence-electron chi connectivity index (χ1n) is 11.5. The molecular formula is C24H35N5O3. The summed E-state index contributed by atoms with van der Waals surface area (Å²) in [7, 11) is 1.96. The van der Waals surface area contributed by atoms with E-state index in [1.165, 1.54) is 5.56 Å². The Kier molecular flexibility index (Phi) is 7.13. The second-order valence-electron chi connectivity index (χ2n) is 9.32. The number of β-amino-alcohol motifs (C(OH)–C–C–N with tert-alkyl or cyclic N) is 1. The molecule has 2 saturated heterocycles. The first-order chi connectivity index (χ1) is 15.4. The highest BCUT2D eigenvalue weighted by molar-refractivity contribution is 5.73. The topological polar surface area (TPSA) is 82.9 Å². The molecule has 8 nitrogen and oxygen atoms in total. The quantitative estimate of drug-likeness (QED) is 0.647. The highest BCUT2D eigenvalue weighted by atomic mass is 16.5. The van der Waals surface area contributed by atoms with Crippen LogP contribution in [0.15, 0.2) is 36.7 Å². The largest absolute Gasteiger partial charge is 0.486 e. The minimum absolute atomic E-state index is 0.0428. The van der Waals surface area contributed by atoms with E-state index in [1.807, 2.05) is 29.9 Å². The first-order valence-corrected chi connectivity index (χ1v) is 11.5. The van der Waals surface area contributed by atoms with Crippen molar-refractivity contribution in [3.05, 3.63) is 48.0 Å². The Morgan fingerprint density at radius 1 is 1.22 bits per heavy atom. The fourth-order valence-electron chi connectivity index (χ4n) is 4.78. The van der Waals surface area contributed by atoms with E-state index >= 15 is 0 Å². The molecule has 2 aliphatic heterocycles. The van der Waals surface area contributed by atoms with E-state index in [0.717, 1.165) is 57.0 Å². The normalized spacial score (nSPS) is 22.8. The number of aryl methyl sites for hydroxylation is 1. The summed E-state index contributed by atoms with van der Waals surface area (Å²) in [5.41, 5.74) is 0.557. The van der Waals surface area contributed by atoms with Gasteiger partial charge in [-0.25, -0.2) is 4.98 Å². The molecule has 0 spiro atoms. The molecule has 3 heterocycles. The Bertz CT molecular complexity index is 891. The summed E-state index contributed by atoms with van der Waals surface area (Å²) in [6, 6.07) is 8.46. The lowest BCUT2D eigenvalue weighted by molar-refractivity contribution is -0.120. The number of imidazole rings is 1. The van der Waals surface area contributed by atoms with Gasteiger partial charge < -0.3 is 24.6 Å². The van der Waals surface area contributed by atoms with Gasteiger partial charge in [0.05, 0.1) is 5.60 Å². The standard InChI is InChI=1S/C24H35N5O3/c1-19(30)26-21-7-11-28(12-8-21)17-24(31)9-13-29(18-24)15-20-3-5-22(6-4-20)32-16-23-25-10-14-27(23)2/h3-6,10,14,21,31H,7-9,11-13,15-18H2,1-2H3,(H,26,30). The molecule has 0 saturated carbocycles. The van der Waals surface area contributed by atoms with Crippen LogP contribution in [0.3, 0.4) is 0 Å². The third-order valence-electron chi connectivity index (χ3n) is 6.54. The number of benzene rings is 1. The van der Waals surface area contributed by atoms with Gasteiger partial charge in [-0.1, -0.05) is 12.1 Å². The number of likely N-dealkylation sites (tertiary alicyclic amines) is 2. The van der Waals surface area contributed by atoms with Crippen molar-refractivity contribution < 1.29 is 14.6 Å². The van der Waals surface area contributed by atoms with E-state index in [4.69, 9.17) is 4.74 Å². The monoisotopic (exact) mass is 441 g/mol. The second kappa shape index (κ2) is 10.0. The molecule has 1 aromatic heterocycles. The summed E-state index contributed by atoms with van der Waals surface area (Å²) in [4.78, 5) is 20.2. The predicted octanol–water partition coefficient (Wildman–Crippen LogP) is 1.54. The summed E-state index contributed by atoms with van der Waals surface area (Å²) in [5, 5.41) is 14.2. The lowest BCUT2D eigenvalue weighted by Crippen LogP contribution is -2.50. The van der Waals surface area contributed by atoms with Crippen molar-refractivity contribution in [2.45, 2.75) is 51.0 Å². The molecule has 0 aliphatic carbocycles. The molecule has 0 bridgehead atoms. The Morgan fingerprint density at radius 3 is 2.62 bits per heavy atom. The molecule has 1 unspecified atom stereocenters. The molecule has 4 rings (SSSR count). The van der Waals surface area contributed by atoms with Gasteiger partial charge in [0, 0.05) is 71.7 Å². The van der Waals surface area contributed by atoms with Gasteiger partial charge in [-0.2, -0.15) is 0 Å². The zero-order chi connectivity index (χ0) is 22.6. The third kappa shape index (κ3) is 6.09. The maximum absolute atomic E-state index is 11.2. The molecule has 1 amide bonds. The molecule has 0 radical (unpaired) electrons. The van der Waals surface area contributed by atoms with Crippen LogP contribution < -0.4 is 10.1 Å². The molecule has 2 aliphatic rings. The van der Waals surface area contributed by atoms with Crippen LogP contribution in [0.25, 0.3) is 0 Å². The van der Waals surface area contributed by atoms with Crippen molar-refractivity contribution in [3.8, 4) is 5.75 Å². The van der Waals surface area contributed by atoms with Crippen molar-refractivity contribution in [3.63, 3.8) is 0 Å². The van der Waals surface area contributed by atoms with Crippen LogP contribution in [0.4, 0.5) is 0 Å². The predicted molar refractivity (Wildman–Crippen MR) is 122 cm³/mol. The van der Waals surface area contributed by atoms with Crippen LogP contribution >= 0.6 is 0 Å². The summed E-state index contributed by atoms with van der Waals surface area (Å²) in [6.07, 6.45) is 6.38. The van der Waals surface area contributed by atoms with E-state index in [1.54, 1.807) is 13.1 Å². The van der Waals surface area contributed by atoms with Crippen LogP contribution in [-0.2, 0) is 25.0 Å². The minimum atomic E-state index is -0.661. The molecule has 174 valence electrons. The molecule has 1 aromatic carbocycles. The van der Waals surface area contributed by atoms with E-state index in [2.05, 4.69) is 32.2 Å². The van der Waals surface area contributed by atoms with Crippen molar-refractivity contribution in [1.82, 2.24) is 24.7 Å². The summed E-state index contributed by atoms with van der Waals surface area (Å²) in [5.74, 6) is 1.77. The van der Waals surface area contributed by atoms with Crippen molar-refractivity contribution >= 4 is 5.91 Å². The number of rotatable bonds is 8. The average molecular weight is 442 g/mol. The summed E-state index contributed by atoms with van der Waals surface area (Å²) in [6.45, 7) is 6.99. The molecular weight excluding hydrogens is 406 g/mol. The van der Waals surface area contributed by atoms with Gasteiger partial charge in [-0.3, -0.25) is 9.69 Å². The third-order valence-corrected chi connectivity index (χ3v) is 6.54. The summed E-state index contributed by atoms with van der Waals surface area (Å²) < 4.78 is 7.79. The van der Waals surface area contributed by atoms with Gasteiger partial charge in [-0.05, 0) is 37.0 Å². The summed E-state index contributed by atoms with van der Waals surface area (Å²) >= 11 is 0. The fraction of sp³-hybridized carbons (Fsp3) is 0.583. The van der Waals surface area contributed by atoms with Gasteiger partial charge >= 0.3 is 0 Å². The van der Waals surface area contributed by atoms with Gasteiger partial charge in [0.25, 0.3) is 0 Å². The molecule has 8 heteroatoms. The van der Waals surface area contributed by atoms with E-state index in [9.17, 15) is 9.90 Å². The first kappa shape index (κ1) is 22.8. The Hall–Kier alpha value is -2.42. The van der Waals surface area contributed by atoms with Crippen molar-refractivity contribution in [1.29, 1.82) is 0 Å². The zero-order valence-electron chi connectivity index (χ0n) is 19.2. The Balaban J connectivity index is 1.21.